The largest absolute Gasteiger partial charge is 0.364 e. The summed E-state index contributed by atoms with van der Waals surface area (Å²) in [7, 11) is 3.61. The van der Waals surface area contributed by atoms with Crippen LogP contribution in [0.25, 0.3) is 0 Å². The fourth-order valence-electron chi connectivity index (χ4n) is 1.40. The van der Waals surface area contributed by atoms with Gasteiger partial charge in [-0.25, -0.2) is 0 Å². The predicted molar refractivity (Wildman–Crippen MR) is 85.2 cm³/mol. The summed E-state index contributed by atoms with van der Waals surface area (Å²) in [5, 5.41) is 13.5. The Morgan fingerprint density at radius 3 is 2.70 bits per heavy atom. The molecule has 0 saturated carbocycles. The first kappa shape index (κ1) is 16.4. The molecule has 1 rings (SSSR count). The summed E-state index contributed by atoms with van der Waals surface area (Å²) in [6.07, 6.45) is 0. The van der Waals surface area contributed by atoms with E-state index in [1.165, 1.54) is 17.8 Å². The van der Waals surface area contributed by atoms with Gasteiger partial charge in [0.25, 0.3) is 5.69 Å². The number of nitro groups is 1. The van der Waals surface area contributed by atoms with Crippen LogP contribution in [0, 0.1) is 17.0 Å². The molecule has 0 saturated heterocycles. The molecule has 8 heteroatoms. The Morgan fingerprint density at radius 1 is 1.50 bits per heavy atom. The Morgan fingerprint density at radius 2 is 2.15 bits per heavy atom. The van der Waals surface area contributed by atoms with Crippen molar-refractivity contribution in [3.63, 3.8) is 0 Å². The number of hydrogen-bond acceptors (Lipinski definition) is 5. The highest BCUT2D eigenvalue weighted by Crippen LogP contribution is 2.25. The zero-order valence-corrected chi connectivity index (χ0v) is 13.0. The standard InChI is InChI=1S/C12H15N3O3S2/c1-8-9(5-4-6-10(8)15(17)18)13-11(16)7-20-12(19)14(2)3/h4-6H,7H2,1-3H3,(H,13,16). The highest BCUT2D eigenvalue weighted by molar-refractivity contribution is 8.23. The second kappa shape index (κ2) is 7.20. The molecular weight excluding hydrogens is 298 g/mol. The van der Waals surface area contributed by atoms with Crippen LogP contribution in [0.4, 0.5) is 11.4 Å². The molecule has 0 spiro atoms. The van der Waals surface area contributed by atoms with E-state index in [2.05, 4.69) is 5.32 Å². The summed E-state index contributed by atoms with van der Waals surface area (Å²) >= 11 is 6.30. The third-order valence-electron chi connectivity index (χ3n) is 2.47. The van der Waals surface area contributed by atoms with E-state index in [1.54, 1.807) is 38.1 Å². The second-order valence-electron chi connectivity index (χ2n) is 4.20. The topological polar surface area (TPSA) is 75.5 Å². The van der Waals surface area contributed by atoms with Gasteiger partial charge < -0.3 is 10.2 Å². The maximum absolute atomic E-state index is 11.8. The lowest BCUT2D eigenvalue weighted by molar-refractivity contribution is -0.385. The molecule has 0 aromatic heterocycles. The van der Waals surface area contributed by atoms with Crippen LogP contribution in [0.1, 0.15) is 5.56 Å². The SMILES string of the molecule is Cc1c(NC(=O)CSC(=S)N(C)C)cccc1[N+](=O)[O-]. The number of nitrogens with one attached hydrogen (secondary N) is 1. The van der Waals surface area contributed by atoms with Crippen molar-refractivity contribution in [2.75, 3.05) is 25.2 Å². The van der Waals surface area contributed by atoms with Crippen LogP contribution < -0.4 is 5.32 Å². The van der Waals surface area contributed by atoms with E-state index in [4.69, 9.17) is 12.2 Å². The average molecular weight is 313 g/mol. The van der Waals surface area contributed by atoms with Crippen molar-refractivity contribution < 1.29 is 9.72 Å². The van der Waals surface area contributed by atoms with Gasteiger partial charge in [-0.3, -0.25) is 14.9 Å². The number of nitrogens with zero attached hydrogens (tertiary/aromatic N) is 2. The third kappa shape index (κ3) is 4.46. The molecule has 1 amide bonds. The van der Waals surface area contributed by atoms with Crippen molar-refractivity contribution in [2.24, 2.45) is 0 Å². The normalized spacial score (nSPS) is 9.95. The van der Waals surface area contributed by atoms with Crippen LogP contribution in [0.2, 0.25) is 0 Å². The van der Waals surface area contributed by atoms with Crippen molar-refractivity contribution in [2.45, 2.75) is 6.92 Å². The number of hydrogen-bond donors (Lipinski definition) is 1. The maximum Gasteiger partial charge on any atom is 0.274 e. The highest BCUT2D eigenvalue weighted by atomic mass is 32.2. The molecule has 0 aliphatic heterocycles. The molecule has 0 aliphatic rings. The quantitative estimate of drug-likeness (QED) is 0.523. The Kier molecular flexibility index (Phi) is 5.90. The average Bonchev–Trinajstić information content (AvgIpc) is 2.37. The van der Waals surface area contributed by atoms with E-state index in [0.717, 1.165) is 0 Å². The monoisotopic (exact) mass is 313 g/mol. The number of benzene rings is 1. The first-order valence-corrected chi connectivity index (χ1v) is 7.10. The summed E-state index contributed by atoms with van der Waals surface area (Å²) in [5.74, 6) is -0.0816. The van der Waals surface area contributed by atoms with Crippen LogP contribution in [-0.2, 0) is 4.79 Å². The van der Waals surface area contributed by atoms with E-state index >= 15 is 0 Å². The molecule has 6 nitrogen and oxygen atoms in total. The summed E-state index contributed by atoms with van der Waals surface area (Å²) in [6, 6.07) is 4.58. The van der Waals surface area contributed by atoms with Crippen LogP contribution in [-0.4, -0.2) is 39.9 Å². The van der Waals surface area contributed by atoms with E-state index in [9.17, 15) is 14.9 Å². The Balaban J connectivity index is 2.70. The van der Waals surface area contributed by atoms with Gasteiger partial charge in [0, 0.05) is 20.2 Å². The van der Waals surface area contributed by atoms with Gasteiger partial charge >= 0.3 is 0 Å². The van der Waals surface area contributed by atoms with Crippen LogP contribution >= 0.6 is 24.0 Å². The number of carbonyl (C=O) groups excluding carboxylic acids is 1. The van der Waals surface area contributed by atoms with Gasteiger partial charge in [0.1, 0.15) is 4.32 Å². The summed E-state index contributed by atoms with van der Waals surface area (Å²) in [5.41, 5.74) is 0.867. The second-order valence-corrected chi connectivity index (χ2v) is 5.81. The van der Waals surface area contributed by atoms with Crippen molar-refractivity contribution in [3.8, 4) is 0 Å². The minimum absolute atomic E-state index is 0.0146. The summed E-state index contributed by atoms with van der Waals surface area (Å²) in [6.45, 7) is 1.60. The Bertz CT molecular complexity index is 547. The highest BCUT2D eigenvalue weighted by Gasteiger charge is 2.15. The molecule has 0 unspecified atom stereocenters. The first-order chi connectivity index (χ1) is 9.32. The summed E-state index contributed by atoms with van der Waals surface area (Å²) in [4.78, 5) is 23.9. The zero-order valence-electron chi connectivity index (χ0n) is 11.4. The number of rotatable bonds is 4. The van der Waals surface area contributed by atoms with Crippen LogP contribution in [0.15, 0.2) is 18.2 Å². The molecule has 0 bridgehead atoms. The van der Waals surface area contributed by atoms with E-state index < -0.39 is 4.92 Å². The molecule has 0 fully saturated rings. The fourth-order valence-corrected chi connectivity index (χ4v) is 2.16. The lowest BCUT2D eigenvalue weighted by Gasteiger charge is -2.13. The Labute approximate surface area is 126 Å². The smallest absolute Gasteiger partial charge is 0.274 e. The molecule has 1 aromatic carbocycles. The number of anilines is 1. The van der Waals surface area contributed by atoms with Crippen molar-refractivity contribution in [1.29, 1.82) is 0 Å². The number of nitro benzene ring substituents is 1. The maximum atomic E-state index is 11.8. The lowest BCUT2D eigenvalue weighted by Crippen LogP contribution is -2.21. The lowest BCUT2D eigenvalue weighted by atomic mass is 10.1. The van der Waals surface area contributed by atoms with Gasteiger partial charge in [-0.2, -0.15) is 0 Å². The van der Waals surface area contributed by atoms with Gasteiger partial charge in [0.15, 0.2) is 0 Å². The molecule has 0 radical (unpaired) electrons. The molecule has 0 heterocycles. The molecule has 108 valence electrons. The molecule has 20 heavy (non-hydrogen) atoms. The predicted octanol–water partition coefficient (Wildman–Crippen LogP) is 2.42. The zero-order chi connectivity index (χ0) is 15.3. The Hall–Kier alpha value is -1.67. The summed E-state index contributed by atoms with van der Waals surface area (Å²) < 4.78 is 0.607. The van der Waals surface area contributed by atoms with Gasteiger partial charge in [-0.1, -0.05) is 30.0 Å². The molecule has 1 aromatic rings. The van der Waals surface area contributed by atoms with Crippen molar-refractivity contribution in [1.82, 2.24) is 4.90 Å². The van der Waals surface area contributed by atoms with Gasteiger partial charge in [0.2, 0.25) is 5.91 Å². The van der Waals surface area contributed by atoms with Crippen LogP contribution in [0.5, 0.6) is 0 Å². The minimum atomic E-state index is -0.471. The molecule has 0 atom stereocenters. The molecule has 1 N–H and O–H groups in total. The number of amides is 1. The number of thioether (sulfide) groups is 1. The van der Waals surface area contributed by atoms with Gasteiger partial charge in [0.05, 0.1) is 21.9 Å². The number of thiocarbonyl (C=S) groups is 1. The minimum Gasteiger partial charge on any atom is -0.364 e. The first-order valence-electron chi connectivity index (χ1n) is 5.71. The third-order valence-corrected chi connectivity index (χ3v) is 4.21. The van der Waals surface area contributed by atoms with Crippen LogP contribution in [0.3, 0.4) is 0 Å². The number of carbonyl (C=O) groups is 1. The van der Waals surface area contributed by atoms with Gasteiger partial charge in [-0.05, 0) is 13.0 Å². The van der Waals surface area contributed by atoms with E-state index in [1.807, 2.05) is 0 Å². The molecule has 0 aliphatic carbocycles. The van der Waals surface area contributed by atoms with E-state index in [-0.39, 0.29) is 17.3 Å². The van der Waals surface area contributed by atoms with E-state index in [0.29, 0.717) is 15.6 Å². The fraction of sp³-hybridized carbons (Fsp3) is 0.333. The van der Waals surface area contributed by atoms with Gasteiger partial charge in [-0.15, -0.1) is 0 Å². The van der Waals surface area contributed by atoms with Crippen molar-refractivity contribution >= 4 is 45.6 Å². The van der Waals surface area contributed by atoms with Crippen molar-refractivity contribution in [3.05, 3.63) is 33.9 Å². The molecular formula is C12H15N3O3S2.